The van der Waals surface area contributed by atoms with Crippen molar-refractivity contribution in [2.24, 2.45) is 0 Å². The molecule has 0 bridgehead atoms. The van der Waals surface area contributed by atoms with Crippen LogP contribution in [0.15, 0.2) is 97.3 Å². The van der Waals surface area contributed by atoms with Gasteiger partial charge in [0.2, 0.25) is 11.8 Å². The molecular weight excluding hydrogens is 412 g/mol. The zero-order chi connectivity index (χ0) is 22.9. The van der Waals surface area contributed by atoms with Crippen molar-refractivity contribution in [3.05, 3.63) is 114 Å². The molecule has 2 N–H and O–H groups in total. The molecule has 4 aromatic rings. The first-order chi connectivity index (χ1) is 16.2. The van der Waals surface area contributed by atoms with Crippen LogP contribution < -0.4 is 10.6 Å². The first-order valence-corrected chi connectivity index (χ1v) is 10.9. The summed E-state index contributed by atoms with van der Waals surface area (Å²) in [5.74, 6) is -0.396. The zero-order valence-corrected chi connectivity index (χ0v) is 18.3. The van der Waals surface area contributed by atoms with Crippen molar-refractivity contribution in [3.8, 4) is 11.1 Å². The number of benzene rings is 3. The lowest BCUT2D eigenvalue weighted by atomic mass is 9.98. The van der Waals surface area contributed by atoms with Crippen molar-refractivity contribution in [3.63, 3.8) is 0 Å². The summed E-state index contributed by atoms with van der Waals surface area (Å²) in [6, 6.07) is 27.7. The summed E-state index contributed by atoms with van der Waals surface area (Å²) >= 11 is 0. The molecule has 0 saturated carbocycles. The Kier molecular flexibility index (Phi) is 7.28. The summed E-state index contributed by atoms with van der Waals surface area (Å²) in [7, 11) is 0. The molecule has 0 aliphatic heterocycles. The third kappa shape index (κ3) is 6.40. The van der Waals surface area contributed by atoms with E-state index in [0.29, 0.717) is 6.54 Å². The SMILES string of the molecule is O=C(CNC(=O)Cc1ccccc1)NCc1ccccc1-c1ccc(Cn2cccn2)cc1. The topological polar surface area (TPSA) is 76.0 Å². The quantitative estimate of drug-likeness (QED) is 0.419. The number of nitrogens with one attached hydrogen (secondary N) is 2. The van der Waals surface area contributed by atoms with Gasteiger partial charge in [-0.15, -0.1) is 0 Å². The Morgan fingerprint density at radius 1 is 0.758 bits per heavy atom. The number of hydrogen-bond acceptors (Lipinski definition) is 3. The van der Waals surface area contributed by atoms with Gasteiger partial charge in [0.25, 0.3) is 0 Å². The van der Waals surface area contributed by atoms with Crippen LogP contribution in [0.25, 0.3) is 11.1 Å². The first-order valence-electron chi connectivity index (χ1n) is 10.9. The highest BCUT2D eigenvalue weighted by molar-refractivity contribution is 5.85. The van der Waals surface area contributed by atoms with Gasteiger partial charge in [-0.25, -0.2) is 0 Å². The minimum absolute atomic E-state index is 0.0457. The molecule has 4 rings (SSSR count). The van der Waals surface area contributed by atoms with E-state index in [0.717, 1.165) is 28.8 Å². The Morgan fingerprint density at radius 3 is 2.27 bits per heavy atom. The first kappa shape index (κ1) is 22.0. The van der Waals surface area contributed by atoms with Crippen molar-refractivity contribution >= 4 is 11.8 Å². The molecule has 2 amide bonds. The Bertz CT molecular complexity index is 1190. The van der Waals surface area contributed by atoms with Gasteiger partial charge in [0.05, 0.1) is 19.5 Å². The maximum absolute atomic E-state index is 12.3. The van der Waals surface area contributed by atoms with E-state index in [4.69, 9.17) is 0 Å². The average Bonchev–Trinajstić information content (AvgIpc) is 3.36. The lowest BCUT2D eigenvalue weighted by Crippen LogP contribution is -2.37. The van der Waals surface area contributed by atoms with Crippen molar-refractivity contribution in [1.82, 2.24) is 20.4 Å². The van der Waals surface area contributed by atoms with Crippen molar-refractivity contribution in [1.29, 1.82) is 0 Å². The molecular formula is C27H26N4O2. The normalized spacial score (nSPS) is 10.5. The summed E-state index contributed by atoms with van der Waals surface area (Å²) in [6.45, 7) is 1.07. The molecule has 6 nitrogen and oxygen atoms in total. The number of nitrogens with zero attached hydrogens (tertiary/aromatic N) is 2. The van der Waals surface area contributed by atoms with Crippen molar-refractivity contribution < 1.29 is 9.59 Å². The van der Waals surface area contributed by atoms with Crippen LogP contribution in [0.4, 0.5) is 0 Å². The number of carbonyl (C=O) groups excluding carboxylic acids is 2. The maximum Gasteiger partial charge on any atom is 0.239 e. The van der Waals surface area contributed by atoms with Gasteiger partial charge in [-0.2, -0.15) is 5.10 Å². The molecule has 0 aliphatic carbocycles. The minimum Gasteiger partial charge on any atom is -0.350 e. The second-order valence-corrected chi connectivity index (χ2v) is 7.77. The summed E-state index contributed by atoms with van der Waals surface area (Å²) in [4.78, 5) is 24.3. The van der Waals surface area contributed by atoms with E-state index in [1.165, 1.54) is 5.56 Å². The second-order valence-electron chi connectivity index (χ2n) is 7.77. The predicted octanol–water partition coefficient (Wildman–Crippen LogP) is 3.57. The fourth-order valence-corrected chi connectivity index (χ4v) is 3.61. The number of rotatable bonds is 9. The highest BCUT2D eigenvalue weighted by atomic mass is 16.2. The lowest BCUT2D eigenvalue weighted by Gasteiger charge is -2.12. The molecule has 166 valence electrons. The smallest absolute Gasteiger partial charge is 0.239 e. The molecule has 1 aromatic heterocycles. The molecule has 6 heteroatoms. The maximum atomic E-state index is 12.3. The third-order valence-corrected chi connectivity index (χ3v) is 5.32. The van der Waals surface area contributed by atoms with Crippen LogP contribution in [0.3, 0.4) is 0 Å². The molecule has 0 radical (unpaired) electrons. The third-order valence-electron chi connectivity index (χ3n) is 5.32. The molecule has 0 spiro atoms. The Morgan fingerprint density at radius 2 is 1.52 bits per heavy atom. The highest BCUT2D eigenvalue weighted by Gasteiger charge is 2.09. The number of aromatic nitrogens is 2. The van der Waals surface area contributed by atoms with E-state index < -0.39 is 0 Å². The fourth-order valence-electron chi connectivity index (χ4n) is 3.61. The van der Waals surface area contributed by atoms with E-state index in [1.54, 1.807) is 6.20 Å². The Balaban J connectivity index is 1.31. The van der Waals surface area contributed by atoms with Crippen LogP contribution in [0, 0.1) is 0 Å². The molecule has 1 heterocycles. The average molecular weight is 439 g/mol. The molecule has 0 atom stereocenters. The molecule has 33 heavy (non-hydrogen) atoms. The van der Waals surface area contributed by atoms with Crippen LogP contribution in [-0.4, -0.2) is 28.1 Å². The number of carbonyl (C=O) groups is 2. The van der Waals surface area contributed by atoms with E-state index in [1.807, 2.05) is 71.5 Å². The van der Waals surface area contributed by atoms with Crippen LogP contribution in [0.2, 0.25) is 0 Å². The van der Waals surface area contributed by atoms with Gasteiger partial charge in [-0.05, 0) is 33.9 Å². The van der Waals surface area contributed by atoms with E-state index in [-0.39, 0.29) is 24.8 Å². The van der Waals surface area contributed by atoms with Gasteiger partial charge < -0.3 is 10.6 Å². The van der Waals surface area contributed by atoms with Gasteiger partial charge in [0.15, 0.2) is 0 Å². The summed E-state index contributed by atoms with van der Waals surface area (Å²) < 4.78 is 1.89. The molecule has 0 fully saturated rings. The standard InChI is InChI=1S/C27H26N4O2/c32-26(17-21-7-2-1-3-8-21)29-19-27(33)28-18-24-9-4-5-10-25(24)23-13-11-22(12-14-23)20-31-16-6-15-30-31/h1-16H,17-20H2,(H,28,33)(H,29,32). The van der Waals surface area contributed by atoms with Gasteiger partial charge in [-0.3, -0.25) is 14.3 Å². The Labute approximate surface area is 193 Å². The van der Waals surface area contributed by atoms with E-state index in [9.17, 15) is 9.59 Å². The fraction of sp³-hybridized carbons (Fsp3) is 0.148. The van der Waals surface area contributed by atoms with Gasteiger partial charge in [-0.1, -0.05) is 78.9 Å². The molecule has 3 aromatic carbocycles. The van der Waals surface area contributed by atoms with E-state index >= 15 is 0 Å². The molecule has 0 aliphatic rings. The van der Waals surface area contributed by atoms with Crippen LogP contribution in [0.1, 0.15) is 16.7 Å². The monoisotopic (exact) mass is 438 g/mol. The van der Waals surface area contributed by atoms with Gasteiger partial charge >= 0.3 is 0 Å². The molecule has 0 saturated heterocycles. The zero-order valence-electron chi connectivity index (χ0n) is 18.3. The van der Waals surface area contributed by atoms with Crippen molar-refractivity contribution in [2.45, 2.75) is 19.5 Å². The number of hydrogen-bond donors (Lipinski definition) is 2. The molecule has 0 unspecified atom stereocenters. The predicted molar refractivity (Wildman–Crippen MR) is 128 cm³/mol. The highest BCUT2D eigenvalue weighted by Crippen LogP contribution is 2.24. The van der Waals surface area contributed by atoms with E-state index in [2.05, 4.69) is 40.0 Å². The second kappa shape index (κ2) is 10.9. The summed E-state index contributed by atoms with van der Waals surface area (Å²) in [5.41, 5.74) is 5.25. The van der Waals surface area contributed by atoms with Crippen molar-refractivity contribution in [2.75, 3.05) is 6.54 Å². The number of amides is 2. The summed E-state index contributed by atoms with van der Waals surface area (Å²) in [6.07, 6.45) is 3.97. The van der Waals surface area contributed by atoms with Crippen LogP contribution in [0.5, 0.6) is 0 Å². The van der Waals surface area contributed by atoms with Crippen LogP contribution >= 0.6 is 0 Å². The summed E-state index contributed by atoms with van der Waals surface area (Å²) in [5, 5.41) is 9.83. The van der Waals surface area contributed by atoms with Crippen LogP contribution in [-0.2, 0) is 29.1 Å². The lowest BCUT2D eigenvalue weighted by molar-refractivity contribution is -0.125. The Hall–Kier alpha value is -4.19. The van der Waals surface area contributed by atoms with Gasteiger partial charge in [0, 0.05) is 18.9 Å². The minimum atomic E-state index is -0.221. The largest absolute Gasteiger partial charge is 0.350 e. The van der Waals surface area contributed by atoms with Gasteiger partial charge in [0.1, 0.15) is 0 Å².